The molecule has 0 bridgehead atoms. The number of unbranched alkanes of at least 4 members (excludes halogenated alkanes) is 3. The van der Waals surface area contributed by atoms with Gasteiger partial charge >= 0.3 is 0 Å². The summed E-state index contributed by atoms with van der Waals surface area (Å²) in [5.74, 6) is 2.78. The lowest BCUT2D eigenvalue weighted by Crippen LogP contribution is -2.43. The van der Waals surface area contributed by atoms with Crippen LogP contribution in [0.3, 0.4) is 0 Å². The molecule has 0 saturated heterocycles. The van der Waals surface area contributed by atoms with Crippen molar-refractivity contribution in [3.63, 3.8) is 0 Å². The third-order valence-corrected chi connectivity index (χ3v) is 4.26. The maximum absolute atomic E-state index is 3.70. The van der Waals surface area contributed by atoms with Crippen molar-refractivity contribution >= 4 is 0 Å². The molecule has 0 aliphatic heterocycles. The third kappa shape index (κ3) is 6.45. The molecule has 1 aliphatic rings. The van der Waals surface area contributed by atoms with Crippen LogP contribution in [0.25, 0.3) is 0 Å². The van der Waals surface area contributed by atoms with E-state index in [0.29, 0.717) is 0 Å². The van der Waals surface area contributed by atoms with Crippen LogP contribution in [0.2, 0.25) is 0 Å². The molecule has 1 saturated carbocycles. The lowest BCUT2D eigenvalue weighted by molar-refractivity contribution is 0.168. The Balaban J connectivity index is 1.80. The van der Waals surface area contributed by atoms with E-state index in [1.165, 1.54) is 51.5 Å². The van der Waals surface area contributed by atoms with E-state index in [-0.39, 0.29) is 0 Å². The summed E-state index contributed by atoms with van der Waals surface area (Å²) in [7, 11) is 0. The highest BCUT2D eigenvalue weighted by molar-refractivity contribution is 4.86. The van der Waals surface area contributed by atoms with Gasteiger partial charge in [-0.15, -0.1) is 0 Å². The molecule has 0 aromatic heterocycles. The van der Waals surface area contributed by atoms with Crippen molar-refractivity contribution in [1.82, 2.24) is 5.32 Å². The van der Waals surface area contributed by atoms with E-state index in [0.717, 1.165) is 23.8 Å². The third-order valence-electron chi connectivity index (χ3n) is 4.26. The van der Waals surface area contributed by atoms with Gasteiger partial charge in [0.25, 0.3) is 0 Å². The van der Waals surface area contributed by atoms with Crippen LogP contribution in [-0.4, -0.2) is 12.6 Å². The van der Waals surface area contributed by atoms with E-state index in [9.17, 15) is 0 Å². The van der Waals surface area contributed by atoms with Crippen LogP contribution >= 0.6 is 0 Å². The lowest BCUT2D eigenvalue weighted by atomic mass is 9.74. The molecule has 0 aromatic rings. The fourth-order valence-corrected chi connectivity index (χ4v) is 2.71. The average molecular weight is 239 g/mol. The molecule has 1 nitrogen and oxygen atoms in total. The first-order valence-corrected chi connectivity index (χ1v) is 7.83. The minimum atomic E-state index is 0.845. The summed E-state index contributed by atoms with van der Waals surface area (Å²) in [4.78, 5) is 0. The van der Waals surface area contributed by atoms with Gasteiger partial charge in [-0.25, -0.2) is 0 Å². The number of hydrogen-bond donors (Lipinski definition) is 1. The van der Waals surface area contributed by atoms with Crippen LogP contribution in [0.5, 0.6) is 0 Å². The van der Waals surface area contributed by atoms with Crippen LogP contribution < -0.4 is 5.32 Å². The molecule has 0 unspecified atom stereocenters. The van der Waals surface area contributed by atoms with Crippen molar-refractivity contribution in [2.24, 2.45) is 17.8 Å². The highest BCUT2D eigenvalue weighted by Crippen LogP contribution is 2.33. The first-order valence-electron chi connectivity index (χ1n) is 7.83. The number of nitrogens with one attached hydrogen (secondary N) is 1. The van der Waals surface area contributed by atoms with E-state index in [2.05, 4.69) is 33.0 Å². The maximum atomic E-state index is 3.70. The molecule has 1 heteroatoms. The standard InChI is InChI=1S/C16H33N/c1-13(2)9-7-5-6-8-10-17-16-11-15(12-16)14(3)4/h13-17H,5-12H2,1-4H3. The molecule has 0 atom stereocenters. The fraction of sp³-hybridized carbons (Fsp3) is 1.00. The molecule has 17 heavy (non-hydrogen) atoms. The van der Waals surface area contributed by atoms with E-state index in [1.54, 1.807) is 0 Å². The van der Waals surface area contributed by atoms with E-state index in [1.807, 2.05) is 0 Å². The zero-order valence-corrected chi connectivity index (χ0v) is 12.5. The lowest BCUT2D eigenvalue weighted by Gasteiger charge is -2.38. The quantitative estimate of drug-likeness (QED) is 0.579. The van der Waals surface area contributed by atoms with Crippen LogP contribution in [0.1, 0.15) is 72.6 Å². The molecule has 0 aromatic carbocycles. The summed E-state index contributed by atoms with van der Waals surface area (Å²) in [5, 5.41) is 3.70. The van der Waals surface area contributed by atoms with Gasteiger partial charge in [0.1, 0.15) is 0 Å². The largest absolute Gasteiger partial charge is 0.314 e. The Morgan fingerprint density at radius 3 is 2.18 bits per heavy atom. The molecule has 0 radical (unpaired) electrons. The molecule has 1 N–H and O–H groups in total. The topological polar surface area (TPSA) is 12.0 Å². The van der Waals surface area contributed by atoms with Gasteiger partial charge in [-0.1, -0.05) is 53.4 Å². The van der Waals surface area contributed by atoms with E-state index in [4.69, 9.17) is 0 Å². The molecule has 1 fully saturated rings. The van der Waals surface area contributed by atoms with Crippen molar-refractivity contribution in [1.29, 1.82) is 0 Å². The molecule has 1 rings (SSSR count). The number of rotatable bonds is 9. The van der Waals surface area contributed by atoms with Gasteiger partial charge in [-0.2, -0.15) is 0 Å². The van der Waals surface area contributed by atoms with Crippen molar-refractivity contribution in [2.75, 3.05) is 6.54 Å². The minimum Gasteiger partial charge on any atom is -0.314 e. The first-order chi connectivity index (χ1) is 8.09. The van der Waals surface area contributed by atoms with E-state index < -0.39 is 0 Å². The van der Waals surface area contributed by atoms with E-state index >= 15 is 0 Å². The first kappa shape index (κ1) is 15.0. The van der Waals surface area contributed by atoms with Gasteiger partial charge in [0.05, 0.1) is 0 Å². The Kier molecular flexibility index (Phi) is 7.18. The summed E-state index contributed by atoms with van der Waals surface area (Å²) in [6.07, 6.45) is 9.90. The predicted molar refractivity (Wildman–Crippen MR) is 77.3 cm³/mol. The Morgan fingerprint density at radius 1 is 0.941 bits per heavy atom. The fourth-order valence-electron chi connectivity index (χ4n) is 2.71. The van der Waals surface area contributed by atoms with Gasteiger partial charge in [0.15, 0.2) is 0 Å². The van der Waals surface area contributed by atoms with Crippen LogP contribution in [0, 0.1) is 17.8 Å². The Bertz CT molecular complexity index is 180. The molecule has 1 aliphatic carbocycles. The second-order valence-electron chi connectivity index (χ2n) is 6.72. The van der Waals surface area contributed by atoms with Crippen LogP contribution in [-0.2, 0) is 0 Å². The van der Waals surface area contributed by atoms with Gasteiger partial charge in [0.2, 0.25) is 0 Å². The average Bonchev–Trinajstić information content (AvgIpc) is 2.17. The number of hydrogen-bond acceptors (Lipinski definition) is 1. The summed E-state index contributed by atoms with van der Waals surface area (Å²) in [5.41, 5.74) is 0. The molecule has 0 heterocycles. The normalized spacial score (nSPS) is 24.4. The van der Waals surface area contributed by atoms with Crippen molar-refractivity contribution in [3.05, 3.63) is 0 Å². The van der Waals surface area contributed by atoms with Gasteiger partial charge < -0.3 is 5.32 Å². The Morgan fingerprint density at radius 2 is 1.59 bits per heavy atom. The van der Waals surface area contributed by atoms with Crippen LogP contribution in [0.15, 0.2) is 0 Å². The van der Waals surface area contributed by atoms with Crippen LogP contribution in [0.4, 0.5) is 0 Å². The monoisotopic (exact) mass is 239 g/mol. The Hall–Kier alpha value is -0.0400. The summed E-state index contributed by atoms with van der Waals surface area (Å²) in [6.45, 7) is 10.6. The van der Waals surface area contributed by atoms with Crippen molar-refractivity contribution in [2.45, 2.75) is 78.7 Å². The molecular formula is C16H33N. The van der Waals surface area contributed by atoms with Gasteiger partial charge in [-0.3, -0.25) is 0 Å². The molecule has 0 spiro atoms. The molecule has 102 valence electrons. The van der Waals surface area contributed by atoms with Gasteiger partial charge in [0, 0.05) is 6.04 Å². The molecule has 0 amide bonds. The van der Waals surface area contributed by atoms with Gasteiger partial charge in [-0.05, 0) is 43.6 Å². The molecular weight excluding hydrogens is 206 g/mol. The summed E-state index contributed by atoms with van der Waals surface area (Å²) in [6, 6.07) is 0.845. The zero-order valence-electron chi connectivity index (χ0n) is 12.5. The zero-order chi connectivity index (χ0) is 12.7. The van der Waals surface area contributed by atoms with Crippen molar-refractivity contribution < 1.29 is 0 Å². The predicted octanol–water partition coefficient (Wildman–Crippen LogP) is 4.62. The second-order valence-corrected chi connectivity index (χ2v) is 6.72. The summed E-state index contributed by atoms with van der Waals surface area (Å²) < 4.78 is 0. The minimum absolute atomic E-state index is 0.845. The van der Waals surface area contributed by atoms with Crippen molar-refractivity contribution in [3.8, 4) is 0 Å². The SMILES string of the molecule is CC(C)CCCCCCNC1CC(C(C)C)C1. The summed E-state index contributed by atoms with van der Waals surface area (Å²) >= 11 is 0. The highest BCUT2D eigenvalue weighted by atomic mass is 14.9. The Labute approximate surface area is 109 Å². The maximum Gasteiger partial charge on any atom is 0.00725 e. The highest BCUT2D eigenvalue weighted by Gasteiger charge is 2.30. The second kappa shape index (κ2) is 8.13. The smallest absolute Gasteiger partial charge is 0.00725 e.